The van der Waals surface area contributed by atoms with Crippen LogP contribution in [0.2, 0.25) is 0 Å². The van der Waals surface area contributed by atoms with Gasteiger partial charge in [-0.05, 0) is 25.2 Å². The molecule has 0 spiro atoms. The number of carbonyl (C=O) groups excluding carboxylic acids is 1. The van der Waals surface area contributed by atoms with Gasteiger partial charge in [0.05, 0.1) is 13.2 Å². The molecule has 10 heteroatoms. The first-order valence-electron chi connectivity index (χ1n) is 12.8. The molecule has 0 atom stereocenters. The molecule has 1 aromatic rings. The van der Waals surface area contributed by atoms with Crippen LogP contribution in [0.5, 0.6) is 6.01 Å². The van der Waals surface area contributed by atoms with Crippen LogP contribution in [0.15, 0.2) is 0 Å². The Morgan fingerprint density at radius 2 is 1.68 bits per heavy atom. The van der Waals surface area contributed by atoms with Crippen molar-refractivity contribution >= 4 is 17.8 Å². The maximum atomic E-state index is 11.4. The lowest BCUT2D eigenvalue weighted by Crippen LogP contribution is -2.51. The van der Waals surface area contributed by atoms with Crippen molar-refractivity contribution in [3.63, 3.8) is 0 Å². The van der Waals surface area contributed by atoms with Gasteiger partial charge in [0.1, 0.15) is 6.61 Å². The minimum absolute atomic E-state index is 0.0186. The molecule has 1 saturated heterocycles. The van der Waals surface area contributed by atoms with E-state index in [4.69, 9.17) is 15.2 Å². The van der Waals surface area contributed by atoms with E-state index in [2.05, 4.69) is 52.4 Å². The molecule has 0 aromatic carbocycles. The third-order valence-corrected chi connectivity index (χ3v) is 5.98. The molecule has 0 radical (unpaired) electrons. The van der Waals surface area contributed by atoms with Crippen molar-refractivity contribution in [2.24, 2.45) is 11.7 Å². The minimum Gasteiger partial charge on any atom is -0.461 e. The molecule has 2 N–H and O–H groups in total. The van der Waals surface area contributed by atoms with Crippen molar-refractivity contribution in [1.82, 2.24) is 19.9 Å². The Hall–Kier alpha value is -2.20. The fourth-order valence-electron chi connectivity index (χ4n) is 4.09. The Balaban J connectivity index is 2.05. The van der Waals surface area contributed by atoms with Crippen LogP contribution in [0.4, 0.5) is 11.9 Å². The van der Waals surface area contributed by atoms with Gasteiger partial charge in [-0.1, -0.05) is 40.5 Å². The maximum absolute atomic E-state index is 11.4. The lowest BCUT2D eigenvalue weighted by atomic mass is 10.0. The van der Waals surface area contributed by atoms with E-state index in [1.165, 1.54) is 25.7 Å². The highest BCUT2D eigenvalue weighted by Crippen LogP contribution is 2.21. The number of aromatic nitrogens is 3. The molecule has 1 aliphatic heterocycles. The molecule has 194 valence electrons. The number of hydrogen-bond donors (Lipinski definition) is 1. The first-order valence-corrected chi connectivity index (χ1v) is 12.8. The van der Waals surface area contributed by atoms with Gasteiger partial charge in [-0.3, -0.25) is 9.69 Å². The van der Waals surface area contributed by atoms with Crippen molar-refractivity contribution in [3.8, 4) is 6.01 Å². The highest BCUT2D eigenvalue weighted by molar-refractivity contribution is 5.78. The average molecular weight is 480 g/mol. The number of likely N-dealkylation sites (N-methyl/N-ethyl adjacent to an activating group) is 1. The van der Waals surface area contributed by atoms with Crippen LogP contribution in [-0.4, -0.2) is 91.4 Å². The molecular weight excluding hydrogens is 434 g/mol. The van der Waals surface area contributed by atoms with Gasteiger partial charge in [-0.2, -0.15) is 15.0 Å². The summed E-state index contributed by atoms with van der Waals surface area (Å²) in [6, 6.07) is 0.878. The molecule has 34 heavy (non-hydrogen) atoms. The SMILES string of the molecule is CCCC(CCC)N1CCN(c2nc(OCCOCCC(C)C)nc(N(C)CC(N)=O)n2)CC1. The number of nitrogens with zero attached hydrogens (tertiary/aromatic N) is 6. The first-order chi connectivity index (χ1) is 16.3. The molecule has 1 amide bonds. The zero-order valence-corrected chi connectivity index (χ0v) is 21.8. The van der Waals surface area contributed by atoms with E-state index >= 15 is 0 Å². The molecule has 2 heterocycles. The van der Waals surface area contributed by atoms with Gasteiger partial charge in [0.15, 0.2) is 0 Å². The summed E-state index contributed by atoms with van der Waals surface area (Å²) < 4.78 is 11.4. The van der Waals surface area contributed by atoms with Crippen molar-refractivity contribution in [3.05, 3.63) is 0 Å². The molecule has 0 aliphatic carbocycles. The third-order valence-electron chi connectivity index (χ3n) is 5.98. The average Bonchev–Trinajstić information content (AvgIpc) is 2.80. The number of primary amides is 1. The molecular formula is C24H45N7O3. The highest BCUT2D eigenvalue weighted by atomic mass is 16.5. The molecule has 1 aliphatic rings. The number of carbonyl (C=O) groups is 1. The molecule has 0 unspecified atom stereocenters. The molecule has 2 rings (SSSR count). The largest absolute Gasteiger partial charge is 0.461 e. The number of anilines is 2. The number of piperazine rings is 1. The highest BCUT2D eigenvalue weighted by Gasteiger charge is 2.25. The summed E-state index contributed by atoms with van der Waals surface area (Å²) in [5.41, 5.74) is 5.37. The van der Waals surface area contributed by atoms with Gasteiger partial charge >= 0.3 is 6.01 Å². The van der Waals surface area contributed by atoms with Crippen molar-refractivity contribution in [2.75, 3.05) is 69.4 Å². The second-order valence-corrected chi connectivity index (χ2v) is 9.44. The Labute approximate surface area is 205 Å². The fraction of sp³-hybridized carbons (Fsp3) is 0.833. The quantitative estimate of drug-likeness (QED) is 0.357. The summed E-state index contributed by atoms with van der Waals surface area (Å²) in [5, 5.41) is 0. The number of nitrogens with two attached hydrogens (primary N) is 1. The van der Waals surface area contributed by atoms with Gasteiger partial charge in [0.2, 0.25) is 17.8 Å². The number of ether oxygens (including phenoxy) is 2. The third kappa shape index (κ3) is 9.58. The molecule has 0 saturated carbocycles. The minimum atomic E-state index is -0.447. The van der Waals surface area contributed by atoms with E-state index in [9.17, 15) is 4.79 Å². The Morgan fingerprint density at radius 1 is 1.00 bits per heavy atom. The van der Waals surface area contributed by atoms with E-state index in [0.717, 1.165) is 32.6 Å². The fourth-order valence-corrected chi connectivity index (χ4v) is 4.09. The summed E-state index contributed by atoms with van der Waals surface area (Å²) >= 11 is 0. The molecule has 1 fully saturated rings. The zero-order valence-electron chi connectivity index (χ0n) is 21.8. The summed E-state index contributed by atoms with van der Waals surface area (Å²) in [6.07, 6.45) is 5.89. The van der Waals surface area contributed by atoms with E-state index in [-0.39, 0.29) is 12.6 Å². The maximum Gasteiger partial charge on any atom is 0.323 e. The Bertz CT molecular complexity index is 721. The Morgan fingerprint density at radius 3 is 2.26 bits per heavy atom. The zero-order chi connectivity index (χ0) is 24.9. The summed E-state index contributed by atoms with van der Waals surface area (Å²) in [6.45, 7) is 14.0. The van der Waals surface area contributed by atoms with Crippen LogP contribution in [0, 0.1) is 5.92 Å². The monoisotopic (exact) mass is 479 g/mol. The first kappa shape index (κ1) is 28.0. The molecule has 1 aromatic heterocycles. The second kappa shape index (κ2) is 14.9. The Kier molecular flexibility index (Phi) is 12.3. The van der Waals surface area contributed by atoms with E-state index in [0.29, 0.717) is 43.7 Å². The predicted molar refractivity (Wildman–Crippen MR) is 135 cm³/mol. The van der Waals surface area contributed by atoms with Gasteiger partial charge in [-0.25, -0.2) is 0 Å². The van der Waals surface area contributed by atoms with E-state index < -0.39 is 5.91 Å². The lowest BCUT2D eigenvalue weighted by molar-refractivity contribution is -0.116. The second-order valence-electron chi connectivity index (χ2n) is 9.44. The number of amides is 1. The van der Waals surface area contributed by atoms with Crippen LogP contribution in [0.1, 0.15) is 59.8 Å². The van der Waals surface area contributed by atoms with Crippen molar-refractivity contribution in [1.29, 1.82) is 0 Å². The predicted octanol–water partition coefficient (Wildman–Crippen LogP) is 2.33. The summed E-state index contributed by atoms with van der Waals surface area (Å²) in [7, 11) is 1.74. The van der Waals surface area contributed by atoms with Gasteiger partial charge in [0.25, 0.3) is 0 Å². The van der Waals surface area contributed by atoms with Gasteiger partial charge < -0.3 is 25.0 Å². The standard InChI is InChI=1S/C24H45N7O3/c1-6-8-20(9-7-2)30-11-13-31(14-12-30)23-26-22(29(5)18-21(25)32)27-24(28-23)34-17-16-33-15-10-19(3)4/h19-20H,6-18H2,1-5H3,(H2,25,32). The van der Waals surface area contributed by atoms with Gasteiger partial charge in [-0.15, -0.1) is 0 Å². The number of rotatable bonds is 16. The van der Waals surface area contributed by atoms with Crippen LogP contribution in [0.3, 0.4) is 0 Å². The normalized spacial score (nSPS) is 14.7. The summed E-state index contributed by atoms with van der Waals surface area (Å²) in [5.74, 6) is 1.10. The van der Waals surface area contributed by atoms with Gasteiger partial charge in [0, 0.05) is 45.9 Å². The lowest BCUT2D eigenvalue weighted by Gasteiger charge is -2.39. The van der Waals surface area contributed by atoms with Crippen LogP contribution in [0.25, 0.3) is 0 Å². The van der Waals surface area contributed by atoms with Crippen LogP contribution in [-0.2, 0) is 9.53 Å². The molecule has 0 bridgehead atoms. The van der Waals surface area contributed by atoms with E-state index in [1.54, 1.807) is 11.9 Å². The topological polar surface area (TPSA) is 110 Å². The molecule has 10 nitrogen and oxygen atoms in total. The van der Waals surface area contributed by atoms with Crippen molar-refractivity contribution < 1.29 is 14.3 Å². The van der Waals surface area contributed by atoms with Crippen LogP contribution < -0.4 is 20.3 Å². The van der Waals surface area contributed by atoms with Crippen molar-refractivity contribution in [2.45, 2.75) is 65.8 Å². The van der Waals surface area contributed by atoms with E-state index in [1.807, 2.05) is 0 Å². The van der Waals surface area contributed by atoms with Crippen LogP contribution >= 0.6 is 0 Å². The summed E-state index contributed by atoms with van der Waals surface area (Å²) in [4.78, 5) is 31.4. The smallest absolute Gasteiger partial charge is 0.323 e. The number of hydrogen-bond acceptors (Lipinski definition) is 9.